The minimum Gasteiger partial charge on any atom is -0.478 e. The van der Waals surface area contributed by atoms with Crippen LogP contribution in [0.15, 0.2) is 18.2 Å². The van der Waals surface area contributed by atoms with Crippen LogP contribution >= 0.6 is 0 Å². The molecule has 0 saturated heterocycles. The summed E-state index contributed by atoms with van der Waals surface area (Å²) < 4.78 is 0. The van der Waals surface area contributed by atoms with Crippen molar-refractivity contribution < 1.29 is 9.90 Å². The Labute approximate surface area is 123 Å². The second-order valence-corrected chi connectivity index (χ2v) is 4.70. The lowest BCUT2D eigenvalue weighted by Crippen LogP contribution is -2.07. The summed E-state index contributed by atoms with van der Waals surface area (Å²) in [5.41, 5.74) is 3.54. The molecule has 2 aromatic rings. The molecule has 110 valence electrons. The molecule has 2 rings (SSSR count). The second-order valence-electron chi connectivity index (χ2n) is 4.70. The lowest BCUT2D eigenvalue weighted by molar-refractivity contribution is 0.0696. The van der Waals surface area contributed by atoms with Gasteiger partial charge in [-0.05, 0) is 43.5 Å². The largest absolute Gasteiger partial charge is 0.478 e. The van der Waals surface area contributed by atoms with Gasteiger partial charge in [-0.3, -0.25) is 0 Å². The van der Waals surface area contributed by atoms with Gasteiger partial charge in [-0.25, -0.2) is 9.78 Å². The molecule has 0 amide bonds. The van der Waals surface area contributed by atoms with Gasteiger partial charge in [0.2, 0.25) is 5.95 Å². The predicted molar refractivity (Wildman–Crippen MR) is 80.0 cm³/mol. The Morgan fingerprint density at radius 1 is 1.19 bits per heavy atom. The molecule has 0 fully saturated rings. The monoisotopic (exact) mass is 286 g/mol. The molecule has 0 aliphatic heterocycles. The normalized spacial score (nSPS) is 10.4. The summed E-state index contributed by atoms with van der Waals surface area (Å²) in [7, 11) is 0. The highest BCUT2D eigenvalue weighted by molar-refractivity contribution is 5.90. The van der Waals surface area contributed by atoms with Crippen LogP contribution in [0.25, 0.3) is 0 Å². The van der Waals surface area contributed by atoms with Gasteiger partial charge in [0.15, 0.2) is 0 Å². The van der Waals surface area contributed by atoms with Crippen molar-refractivity contribution in [3.05, 3.63) is 40.7 Å². The Balaban J connectivity index is 2.26. The van der Waals surface area contributed by atoms with Gasteiger partial charge in [-0.1, -0.05) is 13.8 Å². The zero-order valence-electron chi connectivity index (χ0n) is 12.3. The molecule has 1 aromatic carbocycles. The number of nitrogens with zero attached hydrogens (tertiary/aromatic N) is 3. The van der Waals surface area contributed by atoms with Crippen LogP contribution in [0.4, 0.5) is 11.6 Å². The van der Waals surface area contributed by atoms with E-state index in [0.29, 0.717) is 11.5 Å². The quantitative estimate of drug-likeness (QED) is 0.878. The Kier molecular flexibility index (Phi) is 4.47. The first kappa shape index (κ1) is 14.9. The number of carboxylic acids is 1. The van der Waals surface area contributed by atoms with Crippen LogP contribution in [0.1, 0.15) is 41.2 Å². The highest BCUT2D eigenvalue weighted by Gasteiger charge is 2.09. The van der Waals surface area contributed by atoms with Crippen molar-refractivity contribution in [1.29, 1.82) is 0 Å². The molecular weight excluding hydrogens is 268 g/mol. The van der Waals surface area contributed by atoms with Crippen LogP contribution in [0.3, 0.4) is 0 Å². The Morgan fingerprint density at radius 3 is 2.48 bits per heavy atom. The third-order valence-electron chi connectivity index (χ3n) is 3.22. The van der Waals surface area contributed by atoms with E-state index in [0.717, 1.165) is 29.9 Å². The molecule has 6 heteroatoms. The minimum atomic E-state index is -0.933. The summed E-state index contributed by atoms with van der Waals surface area (Å²) in [4.78, 5) is 15.4. The van der Waals surface area contributed by atoms with Crippen molar-refractivity contribution in [3.63, 3.8) is 0 Å². The van der Waals surface area contributed by atoms with E-state index in [2.05, 4.69) is 20.5 Å². The fourth-order valence-corrected chi connectivity index (χ4v) is 2.10. The van der Waals surface area contributed by atoms with Crippen LogP contribution in [0.5, 0.6) is 0 Å². The van der Waals surface area contributed by atoms with Crippen LogP contribution in [0, 0.1) is 6.92 Å². The van der Waals surface area contributed by atoms with Gasteiger partial charge in [0.1, 0.15) is 0 Å². The molecule has 0 unspecified atom stereocenters. The summed E-state index contributed by atoms with van der Waals surface area (Å²) in [5.74, 6) is -0.510. The second kappa shape index (κ2) is 6.30. The number of hydrogen-bond acceptors (Lipinski definition) is 5. The number of aromatic nitrogens is 3. The standard InChI is InChI=1S/C15H18N4O2/c1-4-12-13(5-2)18-19-15(17-12)16-10-6-7-11(14(20)21)9(3)8-10/h6-8H,4-5H2,1-3H3,(H,20,21)(H,16,17,19). The van der Waals surface area contributed by atoms with E-state index in [1.807, 2.05) is 13.8 Å². The summed E-state index contributed by atoms with van der Waals surface area (Å²) in [6.45, 7) is 5.80. The summed E-state index contributed by atoms with van der Waals surface area (Å²) >= 11 is 0. The van der Waals surface area contributed by atoms with Gasteiger partial charge >= 0.3 is 5.97 Å². The van der Waals surface area contributed by atoms with Gasteiger partial charge in [-0.15, -0.1) is 10.2 Å². The number of hydrogen-bond donors (Lipinski definition) is 2. The molecule has 0 aliphatic carbocycles. The van der Waals surface area contributed by atoms with Gasteiger partial charge in [0.05, 0.1) is 17.0 Å². The van der Waals surface area contributed by atoms with E-state index in [1.165, 1.54) is 0 Å². The maximum atomic E-state index is 11.0. The molecule has 0 atom stereocenters. The highest BCUT2D eigenvalue weighted by atomic mass is 16.4. The number of carbonyl (C=O) groups is 1. The van der Waals surface area contributed by atoms with Crippen molar-refractivity contribution in [2.45, 2.75) is 33.6 Å². The highest BCUT2D eigenvalue weighted by Crippen LogP contribution is 2.18. The van der Waals surface area contributed by atoms with E-state index in [-0.39, 0.29) is 5.56 Å². The van der Waals surface area contributed by atoms with Gasteiger partial charge in [0.25, 0.3) is 0 Å². The van der Waals surface area contributed by atoms with Crippen molar-refractivity contribution in [2.75, 3.05) is 5.32 Å². The zero-order valence-corrected chi connectivity index (χ0v) is 12.3. The van der Waals surface area contributed by atoms with Gasteiger partial charge < -0.3 is 10.4 Å². The number of carboxylic acid groups (broad SMARTS) is 1. The van der Waals surface area contributed by atoms with E-state index in [1.54, 1.807) is 25.1 Å². The topological polar surface area (TPSA) is 88.0 Å². The van der Waals surface area contributed by atoms with E-state index >= 15 is 0 Å². The zero-order chi connectivity index (χ0) is 15.4. The van der Waals surface area contributed by atoms with Crippen LogP contribution in [0.2, 0.25) is 0 Å². The van der Waals surface area contributed by atoms with Crippen LogP contribution < -0.4 is 5.32 Å². The molecule has 0 spiro atoms. The average molecular weight is 286 g/mol. The molecule has 0 radical (unpaired) electrons. The molecule has 0 saturated carbocycles. The van der Waals surface area contributed by atoms with Crippen molar-refractivity contribution in [1.82, 2.24) is 15.2 Å². The average Bonchev–Trinajstić information content (AvgIpc) is 2.46. The fourth-order valence-electron chi connectivity index (χ4n) is 2.10. The van der Waals surface area contributed by atoms with Crippen LogP contribution in [-0.4, -0.2) is 26.3 Å². The first-order chi connectivity index (χ1) is 10.0. The Morgan fingerprint density at radius 2 is 1.90 bits per heavy atom. The van der Waals surface area contributed by atoms with E-state index in [9.17, 15) is 4.79 Å². The molecule has 0 aliphatic rings. The maximum absolute atomic E-state index is 11.0. The van der Waals surface area contributed by atoms with Crippen molar-refractivity contribution in [3.8, 4) is 0 Å². The van der Waals surface area contributed by atoms with E-state index < -0.39 is 5.97 Å². The Hall–Kier alpha value is -2.50. The lowest BCUT2D eigenvalue weighted by atomic mass is 10.1. The molecule has 1 aromatic heterocycles. The molecule has 21 heavy (non-hydrogen) atoms. The third kappa shape index (κ3) is 3.34. The molecule has 2 N–H and O–H groups in total. The van der Waals surface area contributed by atoms with Crippen LogP contribution in [-0.2, 0) is 12.8 Å². The number of aryl methyl sites for hydroxylation is 3. The number of benzene rings is 1. The third-order valence-corrected chi connectivity index (χ3v) is 3.22. The van der Waals surface area contributed by atoms with Gasteiger partial charge in [0, 0.05) is 5.69 Å². The first-order valence-corrected chi connectivity index (χ1v) is 6.88. The van der Waals surface area contributed by atoms with Gasteiger partial charge in [-0.2, -0.15) is 0 Å². The first-order valence-electron chi connectivity index (χ1n) is 6.88. The number of aromatic carboxylic acids is 1. The summed E-state index contributed by atoms with van der Waals surface area (Å²) in [6, 6.07) is 5.01. The molecular formula is C15H18N4O2. The molecule has 0 bridgehead atoms. The fraction of sp³-hybridized carbons (Fsp3) is 0.333. The minimum absolute atomic E-state index is 0.287. The SMILES string of the molecule is CCc1nnc(Nc2ccc(C(=O)O)c(C)c2)nc1CC. The molecule has 6 nitrogen and oxygen atoms in total. The molecule has 1 heterocycles. The predicted octanol–water partition coefficient (Wildman–Crippen LogP) is 2.75. The number of anilines is 2. The maximum Gasteiger partial charge on any atom is 0.335 e. The number of rotatable bonds is 5. The Bertz CT molecular complexity index is 671. The van der Waals surface area contributed by atoms with Crippen molar-refractivity contribution in [2.24, 2.45) is 0 Å². The number of nitrogens with one attached hydrogen (secondary N) is 1. The lowest BCUT2D eigenvalue weighted by Gasteiger charge is -2.09. The van der Waals surface area contributed by atoms with E-state index in [4.69, 9.17) is 5.11 Å². The summed E-state index contributed by atoms with van der Waals surface area (Å²) in [6.07, 6.45) is 1.60. The smallest absolute Gasteiger partial charge is 0.335 e. The van der Waals surface area contributed by atoms with Crippen molar-refractivity contribution >= 4 is 17.6 Å². The summed E-state index contributed by atoms with van der Waals surface area (Å²) in [5, 5.41) is 20.3.